The fraction of sp³-hybridized carbons (Fsp3) is 0.700. The van der Waals surface area contributed by atoms with Gasteiger partial charge in [0.05, 0.1) is 23.4 Å². The molecular weight excluding hydrogens is 1480 g/mol. The highest BCUT2D eigenvalue weighted by atomic mass is 31.2. The third-order valence-electron chi connectivity index (χ3n) is 26.0. The molecule has 8 nitrogen and oxygen atoms in total. The van der Waals surface area contributed by atoms with Crippen LogP contribution in [0.4, 0.5) is 35.1 Å². The number of halogens is 8. The summed E-state index contributed by atoms with van der Waals surface area (Å²) in [5.41, 5.74) is -2.98. The third kappa shape index (κ3) is 25.0. The molecule has 3 N–H and O–H groups in total. The van der Waals surface area contributed by atoms with E-state index in [9.17, 15) is 59.8 Å². The van der Waals surface area contributed by atoms with Crippen LogP contribution in [0.2, 0.25) is 57.4 Å². The lowest BCUT2D eigenvalue weighted by Gasteiger charge is -2.49. The molecule has 0 amide bonds. The van der Waals surface area contributed by atoms with Crippen molar-refractivity contribution < 1.29 is 73.1 Å². The van der Waals surface area contributed by atoms with Gasteiger partial charge in [0.25, 0.3) is 0 Å². The Bertz CT molecular complexity index is 3570. The topological polar surface area (TPSA) is 123 Å². The number of ketones is 1. The van der Waals surface area contributed by atoms with Gasteiger partial charge >= 0.3 is 12.4 Å². The number of hydrogen-bond donors (Lipinski definition) is 3. The molecule has 0 heterocycles. The van der Waals surface area contributed by atoms with Gasteiger partial charge in [0.1, 0.15) is 25.3 Å². The third-order valence-corrected chi connectivity index (χ3v) is 35.7. The van der Waals surface area contributed by atoms with Gasteiger partial charge < -0.3 is 33.2 Å². The molecule has 6 saturated carbocycles. The van der Waals surface area contributed by atoms with Crippen molar-refractivity contribution in [2.24, 2.45) is 45.3 Å². The molecule has 14 atom stereocenters. The van der Waals surface area contributed by atoms with Gasteiger partial charge in [0.2, 0.25) is 0 Å². The molecule has 6 aliphatic rings. The number of hydrogen-bond acceptors (Lipinski definition) is 8. The van der Waals surface area contributed by atoms with Crippen LogP contribution < -0.4 is 10.6 Å². The van der Waals surface area contributed by atoms with E-state index in [1.165, 1.54) is 17.7 Å². The first kappa shape index (κ1) is 95.2. The number of carbonyl (C=O) groups excluding carboxylic acids is 1. The van der Waals surface area contributed by atoms with Crippen molar-refractivity contribution >= 4 is 48.5 Å². The average molecular weight is 1620 g/mol. The Hall–Kier alpha value is -3.63. The van der Waals surface area contributed by atoms with E-state index in [1.807, 2.05) is 72.8 Å². The highest BCUT2D eigenvalue weighted by Gasteiger charge is 2.59. The number of fused-ring (bicyclic) bond motifs is 2. The molecule has 6 aliphatic carbocycles. The van der Waals surface area contributed by atoms with Crippen LogP contribution in [0, 0.1) is 45.3 Å². The van der Waals surface area contributed by atoms with E-state index in [0.29, 0.717) is 79.9 Å². The molecule has 0 radical (unpaired) electrons. The molecule has 4 unspecified atom stereocenters. The zero-order valence-electron chi connectivity index (χ0n) is 71.0. The van der Waals surface area contributed by atoms with Crippen molar-refractivity contribution in [2.45, 2.75) is 348 Å². The summed E-state index contributed by atoms with van der Waals surface area (Å²) in [5, 5.41) is 32.1. The molecule has 2 aromatic carbocycles. The van der Waals surface area contributed by atoms with Crippen molar-refractivity contribution in [2.75, 3.05) is 6.16 Å². The average Bonchev–Trinajstić information content (AvgIpc) is 1.58. The smallest absolute Gasteiger partial charge is 0.413 e. The summed E-state index contributed by atoms with van der Waals surface area (Å²) in [5.74, 6) is 1.35. The van der Waals surface area contributed by atoms with Crippen molar-refractivity contribution in [1.29, 1.82) is 0 Å². The normalized spacial score (nSPS) is 29.1. The van der Waals surface area contributed by atoms with Gasteiger partial charge in [-0.25, -0.2) is 8.78 Å². The van der Waals surface area contributed by atoms with Crippen LogP contribution in [0.3, 0.4) is 0 Å². The van der Waals surface area contributed by atoms with Crippen LogP contribution in [0.15, 0.2) is 144 Å². The van der Waals surface area contributed by atoms with Gasteiger partial charge in [0.15, 0.2) is 36.2 Å². The van der Waals surface area contributed by atoms with Gasteiger partial charge in [-0.2, -0.15) is 26.3 Å². The first-order chi connectivity index (χ1) is 50.2. The Morgan fingerprint density at radius 3 is 1.55 bits per heavy atom. The van der Waals surface area contributed by atoms with Crippen LogP contribution >= 0.6 is 7.14 Å². The maximum Gasteiger partial charge on any atom is 0.420 e. The van der Waals surface area contributed by atoms with Gasteiger partial charge in [0, 0.05) is 42.0 Å². The number of aliphatic hydroxyl groups is 3. The molecule has 622 valence electrons. The molecule has 0 spiro atoms. The van der Waals surface area contributed by atoms with Crippen LogP contribution in [0.25, 0.3) is 0 Å². The van der Waals surface area contributed by atoms with Crippen molar-refractivity contribution in [1.82, 2.24) is 0 Å². The quantitative estimate of drug-likeness (QED) is 0.0350. The summed E-state index contributed by atoms with van der Waals surface area (Å²) in [4.78, 5) is 12.9. The first-order valence-electron chi connectivity index (χ1n) is 40.8. The van der Waals surface area contributed by atoms with Gasteiger partial charge in [-0.3, -0.25) is 4.79 Å². The predicted octanol–water partition coefficient (Wildman–Crippen LogP) is 25.0. The number of benzene rings is 2. The van der Waals surface area contributed by atoms with Gasteiger partial charge in [-0.1, -0.05) is 171 Å². The molecule has 0 aliphatic heterocycles. The lowest BCUT2D eigenvalue weighted by molar-refractivity contribution is -0.232. The molecule has 0 saturated heterocycles. The van der Waals surface area contributed by atoms with E-state index in [-0.39, 0.29) is 56.7 Å². The second-order valence-corrected chi connectivity index (χ2v) is 56.3. The van der Waals surface area contributed by atoms with Crippen molar-refractivity contribution in [3.05, 3.63) is 144 Å². The van der Waals surface area contributed by atoms with Gasteiger partial charge in [-0.05, 0) is 282 Å². The number of carbonyl (C=O) groups is 1. The number of allylic oxidation sites excluding steroid dienone is 8. The molecule has 0 bridgehead atoms. The molecule has 8 rings (SSSR count). The van der Waals surface area contributed by atoms with E-state index in [2.05, 4.69) is 114 Å². The summed E-state index contributed by atoms with van der Waals surface area (Å²) in [7, 11) is -9.06. The Morgan fingerprint density at radius 1 is 0.591 bits per heavy atom. The molecule has 2 aromatic rings. The maximum atomic E-state index is 14.9. The lowest BCUT2D eigenvalue weighted by atomic mass is 9.55. The zero-order chi connectivity index (χ0) is 83.1. The van der Waals surface area contributed by atoms with E-state index in [0.717, 1.165) is 132 Å². The Kier molecular flexibility index (Phi) is 31.6. The number of Topliss-reactive ketones (excluding diaryl/α,β-unsaturated/α-hetero) is 1. The van der Waals surface area contributed by atoms with Crippen LogP contribution in [-0.2, 0) is 22.6 Å². The maximum absolute atomic E-state index is 14.9. The minimum absolute atomic E-state index is 0.0435. The Morgan fingerprint density at radius 2 is 1.06 bits per heavy atom. The number of aliphatic hydroxyl groups excluding tert-OH is 1. The SMILES string of the molecule is C=C1/C(=C\C=C2/CCC[C@@]3(C)C2CC[C@@H]3[C@@](C)(C/C=C\C(C)(O)C(F)(F)F)CCCC(C)(C)O)C[C@@H](O)C[C@@H]1F.C=C1/C(=C\CP(=O)(c2ccccc2)c2ccccc2)C[C@@H](O[Si](C)(C)C(C)(C)C)C[C@@H]1F.CC(C)(CCC[C@](C)(C/C=C\C(C)(O[Si](C)(C)C)C(F)(F)F)[C@H]1CCC2C(=O)CCC[C@@]21C)O[Si](C)(C)C. The highest BCUT2D eigenvalue weighted by Crippen LogP contribution is 2.65. The Labute approximate surface area is 661 Å². The van der Waals surface area contributed by atoms with E-state index >= 15 is 0 Å². The van der Waals surface area contributed by atoms with Crippen LogP contribution in [0.1, 0.15) is 231 Å². The minimum Gasteiger partial charge on any atom is -0.413 e. The second-order valence-electron chi connectivity index (χ2n) is 39.8. The largest absolute Gasteiger partial charge is 0.420 e. The summed E-state index contributed by atoms with van der Waals surface area (Å²) in [6.45, 7) is 49.7. The molecule has 0 aromatic heterocycles. The van der Waals surface area contributed by atoms with E-state index in [4.69, 9.17) is 13.3 Å². The summed E-state index contributed by atoms with van der Waals surface area (Å²) >= 11 is 0. The fourth-order valence-corrected chi connectivity index (χ4v) is 26.4. The minimum atomic E-state index is -4.75. The monoisotopic (exact) mass is 1620 g/mol. The van der Waals surface area contributed by atoms with Crippen molar-refractivity contribution in [3.63, 3.8) is 0 Å². The molecule has 110 heavy (non-hydrogen) atoms. The zero-order valence-corrected chi connectivity index (χ0v) is 74.9. The number of rotatable bonds is 27. The van der Waals surface area contributed by atoms with Crippen LogP contribution in [0.5, 0.6) is 0 Å². The summed E-state index contributed by atoms with van der Waals surface area (Å²) in [6.07, 6.45) is 16.0. The Balaban J connectivity index is 0.000000259. The van der Waals surface area contributed by atoms with Crippen molar-refractivity contribution in [3.8, 4) is 0 Å². The first-order valence-corrected chi connectivity index (χ1v) is 52.5. The molecule has 6 fully saturated rings. The van der Waals surface area contributed by atoms with E-state index < -0.39 is 79.7 Å². The van der Waals surface area contributed by atoms with Gasteiger partial charge in [-0.15, -0.1) is 0 Å². The van der Waals surface area contributed by atoms with Crippen LogP contribution in [-0.4, -0.2) is 112 Å². The molecular formula is C90H141F8O8PSi3. The standard InChI is InChI=1S/C33H50F4O3.C30H55F3O3Si2.C27H36FO2PSi/c1-22-24(20-25(38)21-27(22)34)12-11-23-10-7-18-31(5)26(23)13-14-28(31)30(4,16-8-15-29(2,3)39)17-9-19-32(6,40)33(35,36)37;1-26(2,35-37(6,7)8)18-13-19-27(3,25-17-16-23-24(34)15-12-21-28(23,25)4)20-14-22-29(5,30(31,32)33)36-38(9,10)11;1-21-22(19-23(20-26(21)28)30-32(5,6)27(2,3)4)17-18-31(29,24-13-9-7-10-14-24)25-15-11-8-12-16-25/h9,11-12,19,25-28,38-40H,1,7-8,10,13-18,20-21H2,2-6H3;14,22-23,25H,12-13,15-21H2,1-11H3;7-17,23,26H,1,18-20H2,2-6H3/b19-9-,23-11+,24-12-;22-14-;22-17-/t25-,26?,27+,28-,30-,31+,32?;23?,25-,27-,28+,29?;23-,26+/m111/s1. The molecule has 20 heteroatoms. The number of alkyl halides is 8. The summed E-state index contributed by atoms with van der Waals surface area (Å²) < 4.78 is 145. The fourth-order valence-electron chi connectivity index (χ4n) is 19.3. The van der Waals surface area contributed by atoms with E-state index in [1.54, 1.807) is 39.6 Å². The lowest BCUT2D eigenvalue weighted by Crippen LogP contribution is -2.49. The summed E-state index contributed by atoms with van der Waals surface area (Å²) in [6, 6.07) is 19.2. The second kappa shape index (κ2) is 36.5. The highest BCUT2D eigenvalue weighted by molar-refractivity contribution is 7.78. The predicted molar refractivity (Wildman–Crippen MR) is 447 cm³/mol.